The molecule has 2 N–H and O–H groups in total. The van der Waals surface area contributed by atoms with Crippen molar-refractivity contribution < 1.29 is 14.6 Å². The minimum Gasteiger partial charge on any atom is -0.497 e. The molecule has 0 fully saturated rings. The summed E-state index contributed by atoms with van der Waals surface area (Å²) in [5, 5.41) is 11.1. The monoisotopic (exact) mass is 328 g/mol. The van der Waals surface area contributed by atoms with Gasteiger partial charge in [-0.2, -0.15) is 0 Å². The Labute approximate surface area is 137 Å². The largest absolute Gasteiger partial charge is 0.497 e. The van der Waals surface area contributed by atoms with E-state index in [1.165, 1.54) is 0 Å². The highest BCUT2D eigenvalue weighted by molar-refractivity contribution is 6.30. The molecule has 0 aromatic heterocycles. The molecule has 0 saturated heterocycles. The Morgan fingerprint density at radius 1 is 1.41 bits per heavy atom. The molecule has 0 bridgehead atoms. The Balaban J connectivity index is 2.60. The summed E-state index contributed by atoms with van der Waals surface area (Å²) >= 11 is 6.22. The fraction of sp³-hybridized carbons (Fsp3) is 0.562. The van der Waals surface area contributed by atoms with Gasteiger partial charge in [-0.25, -0.2) is 0 Å². The molecular weight excluding hydrogens is 304 g/mol. The Bertz CT molecular complexity index is 477. The fourth-order valence-electron chi connectivity index (χ4n) is 1.90. The van der Waals surface area contributed by atoms with Crippen LogP contribution in [0, 0.1) is 0 Å². The molecular formula is C16H25ClN2O3. The Kier molecular flexibility index (Phi) is 7.13. The average Bonchev–Trinajstić information content (AvgIpc) is 2.52. The second kappa shape index (κ2) is 8.36. The third kappa shape index (κ3) is 5.16. The number of hydrogen-bond donors (Lipinski definition) is 2. The Morgan fingerprint density at radius 3 is 2.50 bits per heavy atom. The third-order valence-corrected chi connectivity index (χ3v) is 4.25. The van der Waals surface area contributed by atoms with Crippen LogP contribution in [0.3, 0.4) is 0 Å². The number of aliphatic hydroxyl groups excluding tert-OH is 1. The number of nitrogens with one attached hydrogen (secondary N) is 1. The summed E-state index contributed by atoms with van der Waals surface area (Å²) in [6.45, 7) is 5.07. The van der Waals surface area contributed by atoms with E-state index < -0.39 is 5.38 Å². The van der Waals surface area contributed by atoms with Crippen LogP contribution in [0.15, 0.2) is 24.3 Å². The van der Waals surface area contributed by atoms with Crippen LogP contribution in [0.2, 0.25) is 0 Å². The zero-order chi connectivity index (χ0) is 16.8. The molecule has 1 atom stereocenters. The number of ether oxygens (including phenoxy) is 1. The van der Waals surface area contributed by atoms with E-state index >= 15 is 0 Å². The first-order chi connectivity index (χ1) is 10.3. The number of hydrogen-bond acceptors (Lipinski definition) is 4. The van der Waals surface area contributed by atoms with E-state index in [4.69, 9.17) is 21.4 Å². The van der Waals surface area contributed by atoms with E-state index in [1.54, 1.807) is 31.4 Å². The van der Waals surface area contributed by atoms with Crippen molar-refractivity contribution in [1.29, 1.82) is 0 Å². The van der Waals surface area contributed by atoms with Gasteiger partial charge >= 0.3 is 0 Å². The number of nitrogens with zero attached hydrogens (tertiary/aromatic N) is 1. The van der Waals surface area contributed by atoms with Crippen molar-refractivity contribution in [2.24, 2.45) is 0 Å². The summed E-state index contributed by atoms with van der Waals surface area (Å²) < 4.78 is 5.08. The zero-order valence-electron chi connectivity index (χ0n) is 13.6. The van der Waals surface area contributed by atoms with E-state index in [9.17, 15) is 4.79 Å². The summed E-state index contributed by atoms with van der Waals surface area (Å²) in [5.74, 6) is 0.483. The van der Waals surface area contributed by atoms with Crippen molar-refractivity contribution >= 4 is 17.5 Å². The van der Waals surface area contributed by atoms with Gasteiger partial charge in [-0.05, 0) is 38.6 Å². The first-order valence-corrected chi connectivity index (χ1v) is 7.63. The highest BCUT2D eigenvalue weighted by atomic mass is 35.5. The fourth-order valence-corrected chi connectivity index (χ4v) is 2.13. The lowest BCUT2D eigenvalue weighted by Crippen LogP contribution is -2.51. The lowest BCUT2D eigenvalue weighted by atomic mass is 10.0. The predicted octanol–water partition coefficient (Wildman–Crippen LogP) is 1.79. The summed E-state index contributed by atoms with van der Waals surface area (Å²) in [6.07, 6.45) is 0. The standard InChI is InChI=1S/C16H25ClN2O3/c1-16(2,19(3)9-10-20)11-18-15(21)14(17)12-5-7-13(22-4)8-6-12/h5-8,14,20H,9-11H2,1-4H3,(H,18,21). The maximum absolute atomic E-state index is 12.2. The van der Waals surface area contributed by atoms with Crippen LogP contribution in [0.1, 0.15) is 24.8 Å². The predicted molar refractivity (Wildman–Crippen MR) is 88.4 cm³/mol. The minimum atomic E-state index is -0.746. The van der Waals surface area contributed by atoms with Crippen molar-refractivity contribution in [2.45, 2.75) is 24.8 Å². The maximum atomic E-state index is 12.2. The molecule has 1 amide bonds. The number of methoxy groups -OCH3 is 1. The number of halogens is 1. The summed E-state index contributed by atoms with van der Waals surface area (Å²) in [6, 6.07) is 7.10. The lowest BCUT2D eigenvalue weighted by molar-refractivity contribution is -0.121. The van der Waals surface area contributed by atoms with E-state index in [1.807, 2.05) is 25.8 Å². The highest BCUT2D eigenvalue weighted by Crippen LogP contribution is 2.23. The van der Waals surface area contributed by atoms with Crippen molar-refractivity contribution in [1.82, 2.24) is 10.2 Å². The van der Waals surface area contributed by atoms with E-state index in [0.717, 1.165) is 11.3 Å². The quantitative estimate of drug-likeness (QED) is 0.714. The number of β-amino-alcohol motifs (C(OH)–C–C–N with tert-alkyl or cyclic N) is 1. The maximum Gasteiger partial charge on any atom is 0.242 e. The van der Waals surface area contributed by atoms with Crippen LogP contribution in [0.5, 0.6) is 5.75 Å². The normalized spacial score (nSPS) is 13.0. The van der Waals surface area contributed by atoms with Gasteiger partial charge in [-0.15, -0.1) is 11.6 Å². The van der Waals surface area contributed by atoms with Gasteiger partial charge in [0.25, 0.3) is 0 Å². The lowest BCUT2D eigenvalue weighted by Gasteiger charge is -2.35. The van der Waals surface area contributed by atoms with E-state index in [-0.39, 0.29) is 18.1 Å². The smallest absolute Gasteiger partial charge is 0.242 e. The topological polar surface area (TPSA) is 61.8 Å². The van der Waals surface area contributed by atoms with Crippen molar-refractivity contribution in [3.8, 4) is 5.75 Å². The number of carbonyl (C=O) groups excluding carboxylic acids is 1. The molecule has 0 aliphatic carbocycles. The molecule has 1 unspecified atom stereocenters. The number of carbonyl (C=O) groups is 1. The zero-order valence-corrected chi connectivity index (χ0v) is 14.4. The molecule has 0 radical (unpaired) electrons. The number of aliphatic hydroxyl groups is 1. The molecule has 0 spiro atoms. The van der Waals surface area contributed by atoms with Gasteiger partial charge < -0.3 is 15.2 Å². The van der Waals surface area contributed by atoms with E-state index in [2.05, 4.69) is 5.32 Å². The van der Waals surface area contributed by atoms with Crippen molar-refractivity contribution in [3.63, 3.8) is 0 Å². The van der Waals surface area contributed by atoms with Crippen molar-refractivity contribution in [2.75, 3.05) is 33.9 Å². The van der Waals surface area contributed by atoms with Gasteiger partial charge in [-0.1, -0.05) is 12.1 Å². The Hall–Kier alpha value is -1.30. The van der Waals surface area contributed by atoms with E-state index in [0.29, 0.717) is 13.1 Å². The average molecular weight is 329 g/mol. The molecule has 0 aliphatic rings. The molecule has 1 aromatic rings. The molecule has 0 saturated carbocycles. The second-order valence-corrected chi connectivity index (χ2v) is 6.25. The molecule has 5 nitrogen and oxygen atoms in total. The van der Waals surface area contributed by atoms with Crippen molar-refractivity contribution in [3.05, 3.63) is 29.8 Å². The van der Waals surface area contributed by atoms with Gasteiger partial charge in [0.1, 0.15) is 11.1 Å². The summed E-state index contributed by atoms with van der Waals surface area (Å²) in [4.78, 5) is 14.2. The molecule has 6 heteroatoms. The Morgan fingerprint density at radius 2 is 2.00 bits per heavy atom. The first kappa shape index (κ1) is 18.7. The summed E-state index contributed by atoms with van der Waals surface area (Å²) in [7, 11) is 3.49. The molecule has 124 valence electrons. The number of benzene rings is 1. The van der Waals surface area contributed by atoms with Gasteiger partial charge in [0.2, 0.25) is 5.91 Å². The highest BCUT2D eigenvalue weighted by Gasteiger charge is 2.25. The van der Waals surface area contributed by atoms with Gasteiger partial charge in [0, 0.05) is 18.6 Å². The van der Waals surface area contributed by atoms with Gasteiger partial charge in [0.05, 0.1) is 13.7 Å². The number of alkyl halides is 1. The summed E-state index contributed by atoms with van der Waals surface area (Å²) in [5.41, 5.74) is 0.455. The second-order valence-electron chi connectivity index (χ2n) is 5.81. The van der Waals surface area contributed by atoms with Crippen LogP contribution in [0.4, 0.5) is 0 Å². The molecule has 22 heavy (non-hydrogen) atoms. The number of rotatable bonds is 8. The molecule has 1 rings (SSSR count). The van der Waals surface area contributed by atoms with Gasteiger partial charge in [0.15, 0.2) is 0 Å². The molecule has 1 aromatic carbocycles. The SMILES string of the molecule is COc1ccc(C(Cl)C(=O)NCC(C)(C)N(C)CCO)cc1. The third-order valence-electron chi connectivity index (χ3n) is 3.80. The van der Waals surface area contributed by atoms with Crippen LogP contribution < -0.4 is 10.1 Å². The molecule has 0 heterocycles. The van der Waals surface area contributed by atoms with Crippen LogP contribution in [-0.4, -0.2) is 55.3 Å². The first-order valence-electron chi connectivity index (χ1n) is 7.19. The van der Waals surface area contributed by atoms with Crippen LogP contribution >= 0.6 is 11.6 Å². The number of amides is 1. The van der Waals surface area contributed by atoms with Gasteiger partial charge in [-0.3, -0.25) is 9.69 Å². The minimum absolute atomic E-state index is 0.0812. The van der Waals surface area contributed by atoms with Crippen LogP contribution in [0.25, 0.3) is 0 Å². The molecule has 0 aliphatic heterocycles. The van der Waals surface area contributed by atoms with Crippen LogP contribution in [-0.2, 0) is 4.79 Å². The number of likely N-dealkylation sites (N-methyl/N-ethyl adjacent to an activating group) is 1.